The molecule has 1 aromatic carbocycles. The number of nitrogens with one attached hydrogen (secondary N) is 2. The van der Waals surface area contributed by atoms with E-state index < -0.39 is 0 Å². The number of nitrogens with zero attached hydrogens (tertiary/aromatic N) is 3. The number of rotatable bonds is 6. The maximum atomic E-state index is 12.1. The highest BCUT2D eigenvalue weighted by atomic mass is 16.5. The van der Waals surface area contributed by atoms with Crippen LogP contribution in [0.2, 0.25) is 0 Å². The number of ether oxygens (including phenoxy) is 1. The monoisotopic (exact) mass is 327 g/mol. The van der Waals surface area contributed by atoms with E-state index >= 15 is 0 Å². The van der Waals surface area contributed by atoms with Crippen molar-refractivity contribution in [2.45, 2.75) is 32.7 Å². The van der Waals surface area contributed by atoms with Crippen LogP contribution in [0.3, 0.4) is 0 Å². The van der Waals surface area contributed by atoms with Crippen molar-refractivity contribution in [2.75, 3.05) is 12.4 Å². The Bertz CT molecular complexity index is 850. The largest absolute Gasteiger partial charge is 0.496 e. The van der Waals surface area contributed by atoms with E-state index in [9.17, 15) is 4.79 Å². The highest BCUT2D eigenvalue weighted by Crippen LogP contribution is 2.26. The summed E-state index contributed by atoms with van der Waals surface area (Å²) in [6.07, 6.45) is 2.30. The standard InChI is InChI=1S/C17H21N5O2/c1-11(2)16-19-17(21-20-16)18-15(23)8-10-22-9-7-12-13(22)5-4-6-14(12)24-3/h4-7,9,11H,8,10H2,1-3H3,(H2,18,19,20,21,23). The molecule has 0 aliphatic carbocycles. The van der Waals surface area contributed by atoms with Crippen LogP contribution in [0.5, 0.6) is 5.75 Å². The maximum Gasteiger partial charge on any atom is 0.248 e. The molecular weight excluding hydrogens is 306 g/mol. The highest BCUT2D eigenvalue weighted by molar-refractivity contribution is 5.89. The molecule has 7 heteroatoms. The molecule has 0 saturated heterocycles. The molecule has 2 aromatic heterocycles. The Hall–Kier alpha value is -2.83. The van der Waals surface area contributed by atoms with E-state index in [4.69, 9.17) is 4.74 Å². The van der Waals surface area contributed by atoms with E-state index in [-0.39, 0.29) is 11.8 Å². The van der Waals surface area contributed by atoms with Crippen molar-refractivity contribution >= 4 is 22.8 Å². The van der Waals surface area contributed by atoms with Gasteiger partial charge in [-0.3, -0.25) is 15.2 Å². The number of aromatic nitrogens is 4. The summed E-state index contributed by atoms with van der Waals surface area (Å²) in [7, 11) is 1.65. The first-order valence-electron chi connectivity index (χ1n) is 7.92. The Labute approximate surface area is 140 Å². The first-order chi connectivity index (χ1) is 11.6. The third-order valence-electron chi connectivity index (χ3n) is 3.87. The van der Waals surface area contributed by atoms with Crippen molar-refractivity contribution in [2.24, 2.45) is 0 Å². The first-order valence-corrected chi connectivity index (χ1v) is 7.92. The van der Waals surface area contributed by atoms with Crippen molar-refractivity contribution in [1.82, 2.24) is 19.7 Å². The number of anilines is 1. The number of hydrogen-bond acceptors (Lipinski definition) is 4. The zero-order valence-electron chi connectivity index (χ0n) is 14.0. The minimum atomic E-state index is -0.117. The number of carbonyl (C=O) groups is 1. The van der Waals surface area contributed by atoms with Gasteiger partial charge in [-0.2, -0.15) is 4.98 Å². The van der Waals surface area contributed by atoms with Gasteiger partial charge in [0.05, 0.1) is 12.6 Å². The van der Waals surface area contributed by atoms with Gasteiger partial charge in [-0.1, -0.05) is 19.9 Å². The molecule has 0 saturated carbocycles. The van der Waals surface area contributed by atoms with Crippen LogP contribution < -0.4 is 10.1 Å². The number of aromatic amines is 1. The summed E-state index contributed by atoms with van der Waals surface area (Å²) in [5, 5.41) is 10.6. The SMILES string of the molecule is COc1cccc2c1ccn2CCC(=O)Nc1n[nH]c(C(C)C)n1. The average Bonchev–Trinajstić information content (AvgIpc) is 3.19. The fourth-order valence-electron chi connectivity index (χ4n) is 2.57. The number of aryl methyl sites for hydroxylation is 1. The molecule has 3 aromatic rings. The second kappa shape index (κ2) is 6.74. The second-order valence-electron chi connectivity index (χ2n) is 5.90. The van der Waals surface area contributed by atoms with Crippen LogP contribution in [0.1, 0.15) is 32.0 Å². The number of methoxy groups -OCH3 is 1. The molecule has 0 spiro atoms. The Morgan fingerprint density at radius 1 is 1.38 bits per heavy atom. The normalized spacial score (nSPS) is 11.2. The minimum Gasteiger partial charge on any atom is -0.496 e. The van der Waals surface area contributed by atoms with Gasteiger partial charge in [-0.15, -0.1) is 5.10 Å². The number of benzene rings is 1. The fourth-order valence-corrected chi connectivity index (χ4v) is 2.57. The van der Waals surface area contributed by atoms with Gasteiger partial charge >= 0.3 is 0 Å². The van der Waals surface area contributed by atoms with Gasteiger partial charge in [0.2, 0.25) is 11.9 Å². The molecule has 126 valence electrons. The molecule has 1 amide bonds. The Balaban J connectivity index is 1.64. The van der Waals surface area contributed by atoms with Crippen LogP contribution in [0.15, 0.2) is 30.5 Å². The Kier molecular flexibility index (Phi) is 4.50. The summed E-state index contributed by atoms with van der Waals surface area (Å²) in [6.45, 7) is 4.60. The summed E-state index contributed by atoms with van der Waals surface area (Å²) >= 11 is 0. The highest BCUT2D eigenvalue weighted by Gasteiger charge is 2.11. The molecule has 2 heterocycles. The molecule has 2 N–H and O–H groups in total. The van der Waals surface area contributed by atoms with Gasteiger partial charge in [0.25, 0.3) is 0 Å². The molecule has 0 unspecified atom stereocenters. The number of hydrogen-bond donors (Lipinski definition) is 2. The van der Waals surface area contributed by atoms with Crippen LogP contribution in [0.4, 0.5) is 5.95 Å². The van der Waals surface area contributed by atoms with E-state index in [1.54, 1.807) is 7.11 Å². The molecule has 0 radical (unpaired) electrons. The summed E-state index contributed by atoms with van der Waals surface area (Å²) in [4.78, 5) is 16.3. The summed E-state index contributed by atoms with van der Waals surface area (Å²) in [5.74, 6) is 2.03. The predicted molar refractivity (Wildman–Crippen MR) is 92.2 cm³/mol. The number of H-pyrrole nitrogens is 1. The van der Waals surface area contributed by atoms with Crippen LogP contribution in [0.25, 0.3) is 10.9 Å². The second-order valence-corrected chi connectivity index (χ2v) is 5.90. The minimum absolute atomic E-state index is 0.117. The van der Waals surface area contributed by atoms with E-state index in [2.05, 4.69) is 20.5 Å². The summed E-state index contributed by atoms with van der Waals surface area (Å²) in [6, 6.07) is 7.88. The number of fused-ring (bicyclic) bond motifs is 1. The first kappa shape index (κ1) is 16.0. The summed E-state index contributed by atoms with van der Waals surface area (Å²) < 4.78 is 7.39. The lowest BCUT2D eigenvalue weighted by Crippen LogP contribution is -2.15. The van der Waals surface area contributed by atoms with Gasteiger partial charge < -0.3 is 9.30 Å². The average molecular weight is 327 g/mol. The smallest absolute Gasteiger partial charge is 0.248 e. The van der Waals surface area contributed by atoms with E-state index in [0.29, 0.717) is 18.9 Å². The van der Waals surface area contributed by atoms with Crippen molar-refractivity contribution in [3.05, 3.63) is 36.3 Å². The van der Waals surface area contributed by atoms with E-state index in [1.807, 2.05) is 48.9 Å². The fraction of sp³-hybridized carbons (Fsp3) is 0.353. The molecule has 0 atom stereocenters. The zero-order chi connectivity index (χ0) is 17.1. The molecule has 24 heavy (non-hydrogen) atoms. The number of amides is 1. The lowest BCUT2D eigenvalue weighted by molar-refractivity contribution is -0.116. The van der Waals surface area contributed by atoms with Crippen molar-refractivity contribution in [3.63, 3.8) is 0 Å². The van der Waals surface area contributed by atoms with Gasteiger partial charge in [-0.05, 0) is 18.2 Å². The Morgan fingerprint density at radius 3 is 2.92 bits per heavy atom. The van der Waals surface area contributed by atoms with Gasteiger partial charge in [-0.25, -0.2) is 0 Å². The lowest BCUT2D eigenvalue weighted by atomic mass is 10.2. The van der Waals surface area contributed by atoms with Gasteiger partial charge in [0.15, 0.2) is 0 Å². The maximum absolute atomic E-state index is 12.1. The van der Waals surface area contributed by atoms with Crippen molar-refractivity contribution in [1.29, 1.82) is 0 Å². The van der Waals surface area contributed by atoms with Crippen LogP contribution >= 0.6 is 0 Å². The lowest BCUT2D eigenvalue weighted by Gasteiger charge is -2.06. The molecule has 3 rings (SSSR count). The topological polar surface area (TPSA) is 84.8 Å². The molecule has 0 fully saturated rings. The van der Waals surface area contributed by atoms with Crippen molar-refractivity contribution in [3.8, 4) is 5.75 Å². The third kappa shape index (κ3) is 3.24. The molecule has 0 aliphatic rings. The zero-order valence-corrected chi connectivity index (χ0v) is 14.0. The van der Waals surface area contributed by atoms with Gasteiger partial charge in [0.1, 0.15) is 11.6 Å². The summed E-state index contributed by atoms with van der Waals surface area (Å²) in [5.41, 5.74) is 1.04. The van der Waals surface area contributed by atoms with Crippen LogP contribution in [0, 0.1) is 0 Å². The van der Waals surface area contributed by atoms with E-state index in [1.165, 1.54) is 0 Å². The molecular formula is C17H21N5O2. The number of carbonyl (C=O) groups excluding carboxylic acids is 1. The Morgan fingerprint density at radius 2 is 2.21 bits per heavy atom. The van der Waals surface area contributed by atoms with E-state index in [0.717, 1.165) is 22.5 Å². The molecule has 7 nitrogen and oxygen atoms in total. The third-order valence-corrected chi connectivity index (χ3v) is 3.87. The van der Waals surface area contributed by atoms with Gasteiger partial charge in [0, 0.05) is 30.5 Å². The molecule has 0 aliphatic heterocycles. The van der Waals surface area contributed by atoms with Crippen LogP contribution in [-0.4, -0.2) is 32.8 Å². The quantitative estimate of drug-likeness (QED) is 0.729. The van der Waals surface area contributed by atoms with Crippen molar-refractivity contribution < 1.29 is 9.53 Å². The molecule has 0 bridgehead atoms. The predicted octanol–water partition coefficient (Wildman–Crippen LogP) is 2.92. The van der Waals surface area contributed by atoms with Crippen LogP contribution in [-0.2, 0) is 11.3 Å².